The van der Waals surface area contributed by atoms with E-state index in [0.29, 0.717) is 29.4 Å². The second kappa shape index (κ2) is 8.45. The Kier molecular flexibility index (Phi) is 5.58. The number of nitrogens with zero attached hydrogens (tertiary/aromatic N) is 2. The molecule has 0 N–H and O–H groups in total. The average Bonchev–Trinajstić information content (AvgIpc) is 2.69. The van der Waals surface area contributed by atoms with E-state index < -0.39 is 0 Å². The van der Waals surface area contributed by atoms with E-state index in [1.807, 2.05) is 24.3 Å². The third-order valence-corrected chi connectivity index (χ3v) is 3.62. The van der Waals surface area contributed by atoms with Crippen molar-refractivity contribution in [2.45, 2.75) is 12.8 Å². The van der Waals surface area contributed by atoms with Crippen LogP contribution in [0.4, 0.5) is 0 Å². The van der Waals surface area contributed by atoms with E-state index in [4.69, 9.17) is 14.7 Å². The number of rotatable bonds is 6. The van der Waals surface area contributed by atoms with Gasteiger partial charge in [0.25, 0.3) is 0 Å². The molecule has 0 aliphatic heterocycles. The van der Waals surface area contributed by atoms with E-state index >= 15 is 0 Å². The smallest absolute Gasteiger partial charge is 0.311 e. The molecule has 0 aliphatic carbocycles. The monoisotopic (exact) mass is 344 g/mol. The molecule has 1 heterocycles. The molecule has 0 atom stereocenters. The Labute approximate surface area is 151 Å². The molecule has 3 aromatic rings. The highest BCUT2D eigenvalue weighted by molar-refractivity contribution is 5.72. The van der Waals surface area contributed by atoms with Gasteiger partial charge in [-0.1, -0.05) is 18.2 Å². The van der Waals surface area contributed by atoms with Crippen LogP contribution >= 0.6 is 0 Å². The number of ether oxygens (including phenoxy) is 2. The lowest BCUT2D eigenvalue weighted by Gasteiger charge is -2.07. The predicted molar refractivity (Wildman–Crippen MR) is 95.9 cm³/mol. The summed E-state index contributed by atoms with van der Waals surface area (Å²) in [4.78, 5) is 16.1. The summed E-state index contributed by atoms with van der Waals surface area (Å²) >= 11 is 0. The fourth-order valence-corrected chi connectivity index (χ4v) is 2.28. The zero-order valence-electron chi connectivity index (χ0n) is 14.0. The maximum absolute atomic E-state index is 12.0. The van der Waals surface area contributed by atoms with E-state index in [0.717, 1.165) is 5.56 Å². The van der Waals surface area contributed by atoms with Crippen molar-refractivity contribution in [3.05, 3.63) is 84.1 Å². The van der Waals surface area contributed by atoms with Crippen LogP contribution in [0.3, 0.4) is 0 Å². The van der Waals surface area contributed by atoms with Gasteiger partial charge in [-0.15, -0.1) is 0 Å². The van der Waals surface area contributed by atoms with Gasteiger partial charge in [-0.05, 0) is 54.4 Å². The number of nitriles is 1. The maximum atomic E-state index is 12.0. The van der Waals surface area contributed by atoms with Crippen molar-refractivity contribution < 1.29 is 14.3 Å². The van der Waals surface area contributed by atoms with Crippen molar-refractivity contribution in [2.75, 3.05) is 0 Å². The van der Waals surface area contributed by atoms with Crippen molar-refractivity contribution in [1.29, 1.82) is 5.26 Å². The van der Waals surface area contributed by atoms with Crippen LogP contribution in [-0.4, -0.2) is 11.0 Å². The molecule has 2 aromatic carbocycles. The van der Waals surface area contributed by atoms with Crippen molar-refractivity contribution in [2.24, 2.45) is 0 Å². The standard InChI is InChI=1S/C21H16N2O3/c22-15-17-6-4-16(5-7-17)8-13-21(24)26-19-11-9-18(10-12-19)25-20-3-1-2-14-23-20/h1-7,9-12,14H,8,13H2. The molecule has 0 radical (unpaired) electrons. The molecule has 0 amide bonds. The lowest BCUT2D eigenvalue weighted by Crippen LogP contribution is -2.09. The Bertz CT molecular complexity index is 899. The van der Waals surface area contributed by atoms with Crippen LogP contribution in [0.25, 0.3) is 0 Å². The summed E-state index contributed by atoms with van der Waals surface area (Å²) in [5.41, 5.74) is 1.59. The Balaban J connectivity index is 1.50. The normalized spacial score (nSPS) is 9.96. The van der Waals surface area contributed by atoms with Crippen molar-refractivity contribution in [1.82, 2.24) is 4.98 Å². The summed E-state index contributed by atoms with van der Waals surface area (Å²) in [5, 5.41) is 8.78. The van der Waals surface area contributed by atoms with Crippen LogP contribution in [-0.2, 0) is 11.2 Å². The molecule has 0 aliphatic rings. The summed E-state index contributed by atoms with van der Waals surface area (Å²) in [5.74, 6) is 1.26. The molecule has 0 saturated heterocycles. The van der Waals surface area contributed by atoms with Gasteiger partial charge < -0.3 is 9.47 Å². The highest BCUT2D eigenvalue weighted by Gasteiger charge is 2.06. The third kappa shape index (κ3) is 4.92. The van der Waals surface area contributed by atoms with Crippen molar-refractivity contribution >= 4 is 5.97 Å². The van der Waals surface area contributed by atoms with Gasteiger partial charge >= 0.3 is 5.97 Å². The van der Waals surface area contributed by atoms with Crippen LogP contribution in [0.2, 0.25) is 0 Å². The summed E-state index contributed by atoms with van der Waals surface area (Å²) in [7, 11) is 0. The molecular weight excluding hydrogens is 328 g/mol. The Morgan fingerprint density at radius 1 is 0.962 bits per heavy atom. The van der Waals surface area contributed by atoms with Gasteiger partial charge in [0.05, 0.1) is 11.6 Å². The molecule has 0 saturated carbocycles. The van der Waals surface area contributed by atoms with E-state index in [9.17, 15) is 4.79 Å². The van der Waals surface area contributed by atoms with E-state index in [2.05, 4.69) is 11.1 Å². The van der Waals surface area contributed by atoms with Crippen molar-refractivity contribution in [3.63, 3.8) is 0 Å². The fourth-order valence-electron chi connectivity index (χ4n) is 2.28. The van der Waals surface area contributed by atoms with Gasteiger partial charge in [0.2, 0.25) is 5.88 Å². The molecule has 0 spiro atoms. The minimum absolute atomic E-state index is 0.262. The topological polar surface area (TPSA) is 72.2 Å². The lowest BCUT2D eigenvalue weighted by atomic mass is 10.1. The van der Waals surface area contributed by atoms with Gasteiger partial charge in [0.1, 0.15) is 11.5 Å². The Morgan fingerprint density at radius 3 is 2.35 bits per heavy atom. The van der Waals surface area contributed by atoms with Gasteiger partial charge in [-0.2, -0.15) is 5.26 Å². The minimum Gasteiger partial charge on any atom is -0.439 e. The van der Waals surface area contributed by atoms with Crippen LogP contribution in [0.15, 0.2) is 72.9 Å². The second-order valence-corrected chi connectivity index (χ2v) is 5.52. The van der Waals surface area contributed by atoms with E-state index in [1.165, 1.54) is 0 Å². The van der Waals surface area contributed by atoms with Crippen molar-refractivity contribution in [3.8, 4) is 23.4 Å². The maximum Gasteiger partial charge on any atom is 0.311 e. The Hall–Kier alpha value is -3.65. The Morgan fingerprint density at radius 2 is 1.69 bits per heavy atom. The summed E-state index contributed by atoms with van der Waals surface area (Å²) < 4.78 is 10.9. The number of carbonyl (C=O) groups excluding carboxylic acids is 1. The molecule has 0 fully saturated rings. The largest absolute Gasteiger partial charge is 0.439 e. The summed E-state index contributed by atoms with van der Waals surface area (Å²) in [6, 6.07) is 21.4. The van der Waals surface area contributed by atoms with Gasteiger partial charge in [0, 0.05) is 18.7 Å². The third-order valence-electron chi connectivity index (χ3n) is 3.62. The number of esters is 1. The molecule has 0 unspecified atom stereocenters. The van der Waals surface area contributed by atoms with Crippen LogP contribution in [0.5, 0.6) is 17.4 Å². The minimum atomic E-state index is -0.312. The number of hydrogen-bond donors (Lipinski definition) is 0. The predicted octanol–water partition coefficient (Wildman–Crippen LogP) is 4.28. The molecule has 5 heteroatoms. The first-order chi connectivity index (χ1) is 12.7. The van der Waals surface area contributed by atoms with Crippen LogP contribution in [0, 0.1) is 11.3 Å². The van der Waals surface area contributed by atoms with Gasteiger partial charge in [0.15, 0.2) is 0 Å². The number of pyridine rings is 1. The van der Waals surface area contributed by atoms with Gasteiger partial charge in [-0.3, -0.25) is 4.79 Å². The fraction of sp³-hybridized carbons (Fsp3) is 0.0952. The summed E-state index contributed by atoms with van der Waals surface area (Å²) in [6.45, 7) is 0. The highest BCUT2D eigenvalue weighted by atomic mass is 16.5. The second-order valence-electron chi connectivity index (χ2n) is 5.52. The van der Waals surface area contributed by atoms with Gasteiger partial charge in [-0.25, -0.2) is 4.98 Å². The molecule has 26 heavy (non-hydrogen) atoms. The molecule has 1 aromatic heterocycles. The molecule has 3 rings (SSSR count). The van der Waals surface area contributed by atoms with E-state index in [-0.39, 0.29) is 12.4 Å². The quantitative estimate of drug-likeness (QED) is 0.493. The number of aryl methyl sites for hydroxylation is 1. The van der Waals surface area contributed by atoms with Crippen LogP contribution in [0.1, 0.15) is 17.5 Å². The van der Waals surface area contributed by atoms with Crippen LogP contribution < -0.4 is 9.47 Å². The first-order valence-electron chi connectivity index (χ1n) is 8.11. The number of carbonyl (C=O) groups is 1. The molecule has 5 nitrogen and oxygen atoms in total. The summed E-state index contributed by atoms with van der Waals surface area (Å²) in [6.07, 6.45) is 2.48. The average molecular weight is 344 g/mol. The SMILES string of the molecule is N#Cc1ccc(CCC(=O)Oc2ccc(Oc3ccccn3)cc2)cc1. The number of aromatic nitrogens is 1. The highest BCUT2D eigenvalue weighted by Crippen LogP contribution is 2.22. The first kappa shape index (κ1) is 17.2. The first-order valence-corrected chi connectivity index (χ1v) is 8.11. The molecular formula is C21H16N2O3. The molecule has 128 valence electrons. The zero-order chi connectivity index (χ0) is 18.2. The number of hydrogen-bond acceptors (Lipinski definition) is 5. The number of benzene rings is 2. The molecule has 0 bridgehead atoms. The van der Waals surface area contributed by atoms with E-state index in [1.54, 1.807) is 48.7 Å². The zero-order valence-corrected chi connectivity index (χ0v) is 14.0. The lowest BCUT2D eigenvalue weighted by molar-refractivity contribution is -0.134.